The van der Waals surface area contributed by atoms with Gasteiger partial charge in [0.15, 0.2) is 12.5 Å². The number of pyridine rings is 1. The Kier molecular flexibility index (Phi) is 11.6. The molecule has 1 heterocycles. The lowest BCUT2D eigenvalue weighted by Gasteiger charge is -2.33. The largest absolute Gasteiger partial charge is 0.430 e. The van der Waals surface area contributed by atoms with E-state index in [9.17, 15) is 9.59 Å². The van der Waals surface area contributed by atoms with Crippen molar-refractivity contribution >= 4 is 12.2 Å². The molecule has 0 bridgehead atoms. The minimum atomic E-state index is -0.597. The van der Waals surface area contributed by atoms with Gasteiger partial charge in [0.2, 0.25) is 0 Å². The molecule has 2 atom stereocenters. The molecule has 1 rings (SSSR count). The van der Waals surface area contributed by atoms with Gasteiger partial charge in [-0.15, -0.1) is 0 Å². The van der Waals surface area contributed by atoms with E-state index in [0.717, 1.165) is 31.2 Å². The molecule has 0 saturated carbocycles. The van der Waals surface area contributed by atoms with E-state index in [2.05, 4.69) is 29.5 Å². The summed E-state index contributed by atoms with van der Waals surface area (Å²) < 4.78 is 11.0. The summed E-state index contributed by atoms with van der Waals surface area (Å²) in [7, 11) is 0. The minimum Gasteiger partial charge on any atom is -0.430 e. The van der Waals surface area contributed by atoms with E-state index < -0.39 is 24.6 Å². The van der Waals surface area contributed by atoms with Crippen LogP contribution in [0.2, 0.25) is 0 Å². The van der Waals surface area contributed by atoms with Gasteiger partial charge in [-0.25, -0.2) is 14.5 Å². The molecule has 0 fully saturated rings. The summed E-state index contributed by atoms with van der Waals surface area (Å²) in [6.45, 7) is 9.16. The zero-order chi connectivity index (χ0) is 20.8. The molecule has 1 aromatic heterocycles. The molecule has 0 spiro atoms. The van der Waals surface area contributed by atoms with Crippen LogP contribution in [-0.2, 0) is 16.0 Å². The predicted molar refractivity (Wildman–Crippen MR) is 107 cm³/mol. The SMILES string of the molecule is CCCCNC(=O)OC(C)N(Cc1cccnc1)C(C)OC(=O)NCCCC. The van der Waals surface area contributed by atoms with E-state index in [1.54, 1.807) is 31.1 Å². The third-order valence-corrected chi connectivity index (χ3v) is 4.18. The van der Waals surface area contributed by atoms with Crippen LogP contribution >= 0.6 is 0 Å². The number of rotatable bonds is 12. The number of nitrogens with one attached hydrogen (secondary N) is 2. The van der Waals surface area contributed by atoms with Gasteiger partial charge in [0, 0.05) is 32.0 Å². The topological polar surface area (TPSA) is 92.8 Å². The van der Waals surface area contributed by atoms with E-state index >= 15 is 0 Å². The van der Waals surface area contributed by atoms with Crippen molar-refractivity contribution in [3.05, 3.63) is 30.1 Å². The van der Waals surface area contributed by atoms with Gasteiger partial charge in [-0.3, -0.25) is 4.98 Å². The molecular formula is C20H34N4O4. The fourth-order valence-electron chi connectivity index (χ4n) is 2.52. The van der Waals surface area contributed by atoms with Crippen LogP contribution in [0.5, 0.6) is 0 Å². The number of nitrogens with zero attached hydrogens (tertiary/aromatic N) is 2. The van der Waals surface area contributed by atoms with Gasteiger partial charge in [0.25, 0.3) is 0 Å². The first kappa shape index (κ1) is 23.7. The Morgan fingerprint density at radius 1 is 1.04 bits per heavy atom. The number of carbonyl (C=O) groups is 2. The highest BCUT2D eigenvalue weighted by Gasteiger charge is 2.26. The zero-order valence-corrected chi connectivity index (χ0v) is 17.4. The average molecular weight is 395 g/mol. The van der Waals surface area contributed by atoms with E-state index in [4.69, 9.17) is 9.47 Å². The van der Waals surface area contributed by atoms with Crippen LogP contribution < -0.4 is 10.6 Å². The maximum Gasteiger partial charge on any atom is 0.408 e. The van der Waals surface area contributed by atoms with Crippen molar-refractivity contribution < 1.29 is 19.1 Å². The van der Waals surface area contributed by atoms with Crippen molar-refractivity contribution in [2.75, 3.05) is 13.1 Å². The monoisotopic (exact) mass is 394 g/mol. The zero-order valence-electron chi connectivity index (χ0n) is 17.4. The lowest BCUT2D eigenvalue weighted by atomic mass is 10.2. The molecule has 0 radical (unpaired) electrons. The molecule has 158 valence electrons. The molecule has 0 saturated heterocycles. The van der Waals surface area contributed by atoms with Crippen LogP contribution in [-0.4, -0.2) is 47.6 Å². The summed E-state index contributed by atoms with van der Waals surface area (Å²) in [5, 5.41) is 5.45. The molecule has 2 N–H and O–H groups in total. The van der Waals surface area contributed by atoms with Gasteiger partial charge in [0.1, 0.15) is 0 Å². The van der Waals surface area contributed by atoms with Crippen molar-refractivity contribution in [1.82, 2.24) is 20.5 Å². The summed E-state index contributed by atoms with van der Waals surface area (Å²) in [4.78, 5) is 29.9. The lowest BCUT2D eigenvalue weighted by Crippen LogP contribution is -2.46. The standard InChI is InChI=1S/C20H34N4O4/c1-5-7-12-22-19(25)27-16(3)24(15-18-10-9-11-21-14-18)17(4)28-20(26)23-13-8-6-2/h9-11,14,16-17H,5-8,12-13,15H2,1-4H3,(H,22,25)(H,23,26). The van der Waals surface area contributed by atoms with Crippen LogP contribution in [0.4, 0.5) is 9.59 Å². The fraction of sp³-hybridized carbons (Fsp3) is 0.650. The smallest absolute Gasteiger partial charge is 0.408 e. The first-order chi connectivity index (χ1) is 13.5. The Hall–Kier alpha value is -2.35. The Morgan fingerprint density at radius 3 is 2.00 bits per heavy atom. The Labute approximate surface area is 168 Å². The number of alkyl carbamates (subject to hydrolysis) is 2. The number of ether oxygens (including phenoxy) is 2. The van der Waals surface area contributed by atoms with Crippen molar-refractivity contribution in [2.24, 2.45) is 0 Å². The van der Waals surface area contributed by atoms with Gasteiger partial charge in [-0.1, -0.05) is 32.8 Å². The second-order valence-corrected chi connectivity index (χ2v) is 6.60. The highest BCUT2D eigenvalue weighted by atomic mass is 16.6. The van der Waals surface area contributed by atoms with Gasteiger partial charge in [-0.05, 0) is 38.3 Å². The van der Waals surface area contributed by atoms with Crippen molar-refractivity contribution in [2.45, 2.75) is 72.4 Å². The summed E-state index contributed by atoms with van der Waals surface area (Å²) >= 11 is 0. The number of aromatic nitrogens is 1. The Balaban J connectivity index is 2.71. The molecule has 8 heteroatoms. The predicted octanol–water partition coefficient (Wildman–Crippen LogP) is 3.63. The summed E-state index contributed by atoms with van der Waals surface area (Å²) in [5.41, 5.74) is 0.922. The van der Waals surface area contributed by atoms with Crippen molar-refractivity contribution in [3.63, 3.8) is 0 Å². The van der Waals surface area contributed by atoms with E-state index in [1.165, 1.54) is 0 Å². The summed E-state index contributed by atoms with van der Waals surface area (Å²) in [6.07, 6.45) is 5.00. The number of hydrogen-bond acceptors (Lipinski definition) is 6. The van der Waals surface area contributed by atoms with Crippen LogP contribution in [0.3, 0.4) is 0 Å². The highest BCUT2D eigenvalue weighted by molar-refractivity contribution is 5.67. The summed E-state index contributed by atoms with van der Waals surface area (Å²) in [5.74, 6) is 0. The third kappa shape index (κ3) is 9.55. The molecule has 2 unspecified atom stereocenters. The quantitative estimate of drug-likeness (QED) is 0.415. The molecule has 28 heavy (non-hydrogen) atoms. The van der Waals surface area contributed by atoms with Gasteiger partial charge in [0.05, 0.1) is 0 Å². The minimum absolute atomic E-state index is 0.417. The average Bonchev–Trinajstić information content (AvgIpc) is 2.67. The maximum atomic E-state index is 12.0. The number of hydrogen-bond donors (Lipinski definition) is 2. The third-order valence-electron chi connectivity index (χ3n) is 4.18. The normalized spacial score (nSPS) is 12.9. The van der Waals surface area contributed by atoms with Crippen LogP contribution in [0.15, 0.2) is 24.5 Å². The molecular weight excluding hydrogens is 360 g/mol. The van der Waals surface area contributed by atoms with Crippen molar-refractivity contribution in [1.29, 1.82) is 0 Å². The number of unbranched alkanes of at least 4 members (excludes halogenated alkanes) is 2. The molecule has 0 aliphatic rings. The molecule has 0 aromatic carbocycles. The second-order valence-electron chi connectivity index (χ2n) is 6.60. The Morgan fingerprint density at radius 2 is 1.57 bits per heavy atom. The van der Waals surface area contributed by atoms with E-state index in [-0.39, 0.29) is 0 Å². The molecule has 2 amide bonds. The highest BCUT2D eigenvalue weighted by Crippen LogP contribution is 2.14. The van der Waals surface area contributed by atoms with Gasteiger partial charge >= 0.3 is 12.2 Å². The molecule has 8 nitrogen and oxygen atoms in total. The van der Waals surface area contributed by atoms with Gasteiger partial charge in [-0.2, -0.15) is 0 Å². The van der Waals surface area contributed by atoms with E-state index in [1.807, 2.05) is 12.1 Å². The van der Waals surface area contributed by atoms with Crippen LogP contribution in [0, 0.1) is 0 Å². The van der Waals surface area contributed by atoms with Crippen molar-refractivity contribution in [3.8, 4) is 0 Å². The molecule has 0 aliphatic heterocycles. The maximum absolute atomic E-state index is 12.0. The fourth-order valence-corrected chi connectivity index (χ4v) is 2.52. The number of amides is 2. The lowest BCUT2D eigenvalue weighted by molar-refractivity contribution is -0.0968. The first-order valence-corrected chi connectivity index (χ1v) is 10.0. The second kappa shape index (κ2) is 13.8. The van der Waals surface area contributed by atoms with E-state index in [0.29, 0.717) is 19.6 Å². The summed E-state index contributed by atoms with van der Waals surface area (Å²) in [6, 6.07) is 3.75. The van der Waals surface area contributed by atoms with Crippen LogP contribution in [0.1, 0.15) is 58.9 Å². The van der Waals surface area contributed by atoms with Crippen LogP contribution in [0.25, 0.3) is 0 Å². The molecule has 1 aromatic rings. The molecule has 0 aliphatic carbocycles. The van der Waals surface area contributed by atoms with Gasteiger partial charge < -0.3 is 20.1 Å². The Bertz CT molecular complexity index is 541. The first-order valence-electron chi connectivity index (χ1n) is 10.0. The number of carbonyl (C=O) groups excluding carboxylic acids is 2.